The smallest absolute Gasteiger partial charge is 0.127 e. The molecular formula is C13H10F2O. The van der Waals surface area contributed by atoms with Gasteiger partial charge in [-0.15, -0.1) is 0 Å². The minimum absolute atomic E-state index is 0.168. The Bertz CT molecular complexity index is 515. The summed E-state index contributed by atoms with van der Waals surface area (Å²) in [5, 5.41) is 9.28. The lowest BCUT2D eigenvalue weighted by molar-refractivity contribution is 0.469. The van der Waals surface area contributed by atoms with E-state index in [4.69, 9.17) is 0 Å². The van der Waals surface area contributed by atoms with Gasteiger partial charge in [-0.1, -0.05) is 6.07 Å². The molecule has 3 heteroatoms. The molecular weight excluding hydrogens is 210 g/mol. The Morgan fingerprint density at radius 2 is 1.69 bits per heavy atom. The topological polar surface area (TPSA) is 20.2 Å². The summed E-state index contributed by atoms with van der Waals surface area (Å²) in [6, 6.07) is 7.97. The van der Waals surface area contributed by atoms with Crippen LogP contribution in [0, 0.1) is 18.6 Å². The van der Waals surface area contributed by atoms with Crippen molar-refractivity contribution in [1.29, 1.82) is 0 Å². The molecule has 0 spiro atoms. The monoisotopic (exact) mass is 220 g/mol. The Kier molecular flexibility index (Phi) is 2.60. The molecule has 0 fully saturated rings. The van der Waals surface area contributed by atoms with E-state index in [1.54, 1.807) is 13.0 Å². The minimum atomic E-state index is -0.543. The third-order valence-corrected chi connectivity index (χ3v) is 2.39. The number of aryl methyl sites for hydroxylation is 1. The van der Waals surface area contributed by atoms with Gasteiger partial charge in [0.05, 0.1) is 0 Å². The summed E-state index contributed by atoms with van der Waals surface area (Å²) < 4.78 is 26.2. The van der Waals surface area contributed by atoms with Crippen molar-refractivity contribution in [2.24, 2.45) is 0 Å². The van der Waals surface area contributed by atoms with E-state index < -0.39 is 5.82 Å². The van der Waals surface area contributed by atoms with Crippen LogP contribution >= 0.6 is 0 Å². The molecule has 0 saturated heterocycles. The molecule has 2 aromatic rings. The summed E-state index contributed by atoms with van der Waals surface area (Å²) in [4.78, 5) is 0. The molecule has 0 saturated carbocycles. The lowest BCUT2D eigenvalue weighted by Crippen LogP contribution is -1.86. The Labute approximate surface area is 92.0 Å². The molecule has 0 heterocycles. The molecule has 2 aromatic carbocycles. The highest BCUT2D eigenvalue weighted by Crippen LogP contribution is 2.28. The molecule has 0 bridgehead atoms. The summed E-state index contributed by atoms with van der Waals surface area (Å²) >= 11 is 0. The number of halogens is 2. The third-order valence-electron chi connectivity index (χ3n) is 2.39. The van der Waals surface area contributed by atoms with Crippen molar-refractivity contribution in [2.45, 2.75) is 6.92 Å². The van der Waals surface area contributed by atoms with Gasteiger partial charge in [0, 0.05) is 6.07 Å². The quantitative estimate of drug-likeness (QED) is 0.777. The standard InChI is InChI=1S/C13H10F2O/c1-8-2-3-10(14)7-13(8)9-4-11(15)6-12(16)5-9/h2-7,16H,1H3. The molecule has 0 amide bonds. The van der Waals surface area contributed by atoms with Crippen LogP contribution in [0.1, 0.15) is 5.56 Å². The average molecular weight is 220 g/mol. The molecule has 0 unspecified atom stereocenters. The van der Waals surface area contributed by atoms with Crippen molar-refractivity contribution in [3.63, 3.8) is 0 Å². The van der Waals surface area contributed by atoms with Crippen LogP contribution in [-0.2, 0) is 0 Å². The highest BCUT2D eigenvalue weighted by Gasteiger charge is 2.06. The average Bonchev–Trinajstić information content (AvgIpc) is 2.20. The molecule has 0 aliphatic rings. The van der Waals surface area contributed by atoms with Crippen molar-refractivity contribution in [3.05, 3.63) is 53.6 Å². The van der Waals surface area contributed by atoms with Crippen LogP contribution in [0.3, 0.4) is 0 Å². The van der Waals surface area contributed by atoms with E-state index in [0.717, 1.165) is 11.6 Å². The molecule has 1 N–H and O–H groups in total. The molecule has 0 atom stereocenters. The molecule has 16 heavy (non-hydrogen) atoms. The number of hydrogen-bond acceptors (Lipinski definition) is 1. The van der Waals surface area contributed by atoms with Crippen molar-refractivity contribution >= 4 is 0 Å². The van der Waals surface area contributed by atoms with E-state index in [1.165, 1.54) is 24.3 Å². The second kappa shape index (κ2) is 3.93. The van der Waals surface area contributed by atoms with Gasteiger partial charge in [0.2, 0.25) is 0 Å². The van der Waals surface area contributed by atoms with Crippen LogP contribution < -0.4 is 0 Å². The summed E-state index contributed by atoms with van der Waals surface area (Å²) in [5.74, 6) is -1.10. The maximum atomic E-state index is 13.1. The number of hydrogen-bond donors (Lipinski definition) is 1. The molecule has 0 aliphatic carbocycles. The second-order valence-electron chi connectivity index (χ2n) is 3.66. The van der Waals surface area contributed by atoms with Crippen molar-refractivity contribution in [1.82, 2.24) is 0 Å². The van der Waals surface area contributed by atoms with Gasteiger partial charge in [0.1, 0.15) is 17.4 Å². The highest BCUT2D eigenvalue weighted by molar-refractivity contribution is 5.68. The van der Waals surface area contributed by atoms with Gasteiger partial charge in [-0.3, -0.25) is 0 Å². The lowest BCUT2D eigenvalue weighted by Gasteiger charge is -2.07. The molecule has 1 nitrogen and oxygen atoms in total. The van der Waals surface area contributed by atoms with Gasteiger partial charge >= 0.3 is 0 Å². The SMILES string of the molecule is Cc1ccc(F)cc1-c1cc(O)cc(F)c1. The van der Waals surface area contributed by atoms with Gasteiger partial charge < -0.3 is 5.11 Å². The fourth-order valence-corrected chi connectivity index (χ4v) is 1.63. The fourth-order valence-electron chi connectivity index (χ4n) is 1.63. The maximum absolute atomic E-state index is 13.1. The molecule has 0 aliphatic heterocycles. The third kappa shape index (κ3) is 2.03. The first-order valence-electron chi connectivity index (χ1n) is 4.82. The van der Waals surface area contributed by atoms with Crippen molar-refractivity contribution in [3.8, 4) is 16.9 Å². The van der Waals surface area contributed by atoms with Crippen LogP contribution in [0.2, 0.25) is 0 Å². The molecule has 2 rings (SSSR count). The Hall–Kier alpha value is -1.90. The number of rotatable bonds is 1. The van der Waals surface area contributed by atoms with Gasteiger partial charge in [-0.2, -0.15) is 0 Å². The summed E-state index contributed by atoms with van der Waals surface area (Å²) in [6.07, 6.45) is 0. The second-order valence-corrected chi connectivity index (χ2v) is 3.66. The zero-order valence-electron chi connectivity index (χ0n) is 8.67. The highest BCUT2D eigenvalue weighted by atomic mass is 19.1. The van der Waals surface area contributed by atoms with Crippen LogP contribution in [0.25, 0.3) is 11.1 Å². The van der Waals surface area contributed by atoms with Crippen LogP contribution in [0.4, 0.5) is 8.78 Å². The molecule has 82 valence electrons. The molecule has 0 aromatic heterocycles. The summed E-state index contributed by atoms with van der Waals surface area (Å²) in [5.41, 5.74) is 1.87. The predicted molar refractivity (Wildman–Crippen MR) is 58.2 cm³/mol. The van der Waals surface area contributed by atoms with Gasteiger partial charge in [-0.05, 0) is 47.9 Å². The Morgan fingerprint density at radius 1 is 0.938 bits per heavy atom. The zero-order valence-corrected chi connectivity index (χ0v) is 8.67. The van der Waals surface area contributed by atoms with E-state index in [9.17, 15) is 13.9 Å². The molecule has 0 radical (unpaired) electrons. The van der Waals surface area contributed by atoms with Crippen LogP contribution in [-0.4, -0.2) is 5.11 Å². The number of phenolic OH excluding ortho intramolecular Hbond substituents is 1. The van der Waals surface area contributed by atoms with Gasteiger partial charge in [-0.25, -0.2) is 8.78 Å². The van der Waals surface area contributed by atoms with E-state index >= 15 is 0 Å². The van der Waals surface area contributed by atoms with Crippen LogP contribution in [0.15, 0.2) is 36.4 Å². The van der Waals surface area contributed by atoms with Gasteiger partial charge in [0.25, 0.3) is 0 Å². The van der Waals surface area contributed by atoms with Crippen molar-refractivity contribution < 1.29 is 13.9 Å². The van der Waals surface area contributed by atoms with E-state index in [0.29, 0.717) is 11.1 Å². The number of aromatic hydroxyl groups is 1. The predicted octanol–water partition coefficient (Wildman–Crippen LogP) is 3.65. The normalized spacial score (nSPS) is 10.4. The fraction of sp³-hybridized carbons (Fsp3) is 0.0769. The number of phenols is 1. The summed E-state index contributed by atoms with van der Waals surface area (Å²) in [6.45, 7) is 1.80. The zero-order chi connectivity index (χ0) is 11.7. The minimum Gasteiger partial charge on any atom is -0.508 e. The first-order chi connectivity index (χ1) is 7.56. The lowest BCUT2D eigenvalue weighted by atomic mass is 10.0. The largest absolute Gasteiger partial charge is 0.508 e. The van der Waals surface area contributed by atoms with Crippen LogP contribution in [0.5, 0.6) is 5.75 Å². The Balaban J connectivity index is 2.62. The van der Waals surface area contributed by atoms with Crippen molar-refractivity contribution in [2.75, 3.05) is 0 Å². The summed E-state index contributed by atoms with van der Waals surface area (Å²) in [7, 11) is 0. The maximum Gasteiger partial charge on any atom is 0.127 e. The van der Waals surface area contributed by atoms with E-state index in [-0.39, 0.29) is 11.6 Å². The van der Waals surface area contributed by atoms with E-state index in [1.807, 2.05) is 0 Å². The van der Waals surface area contributed by atoms with Gasteiger partial charge in [0.15, 0.2) is 0 Å². The number of benzene rings is 2. The first kappa shape index (κ1) is 10.6. The van der Waals surface area contributed by atoms with E-state index in [2.05, 4.69) is 0 Å². The first-order valence-corrected chi connectivity index (χ1v) is 4.82. The Morgan fingerprint density at radius 3 is 2.38 bits per heavy atom.